The molecule has 0 bridgehead atoms. The van der Waals surface area contributed by atoms with Gasteiger partial charge in [-0.3, -0.25) is 0 Å². The van der Waals surface area contributed by atoms with Crippen LogP contribution in [0, 0.1) is 5.82 Å². The van der Waals surface area contributed by atoms with E-state index in [1.54, 1.807) is 12.1 Å². The Bertz CT molecular complexity index is 399. The molecule has 1 atom stereocenters. The lowest BCUT2D eigenvalue weighted by Gasteiger charge is -2.41. The van der Waals surface area contributed by atoms with E-state index in [9.17, 15) is 4.39 Å². The van der Waals surface area contributed by atoms with Crippen LogP contribution in [-0.4, -0.2) is 44.2 Å². The van der Waals surface area contributed by atoms with Crippen molar-refractivity contribution in [2.75, 3.05) is 38.1 Å². The first kappa shape index (κ1) is 12.6. The highest BCUT2D eigenvalue weighted by atomic mass is 35.5. The van der Waals surface area contributed by atoms with Gasteiger partial charge >= 0.3 is 0 Å². The summed E-state index contributed by atoms with van der Waals surface area (Å²) in [6, 6.07) is 5.10. The first-order valence-electron chi connectivity index (χ1n) is 5.72. The third kappa shape index (κ3) is 2.70. The van der Waals surface area contributed by atoms with Gasteiger partial charge < -0.3 is 15.5 Å². The predicted molar refractivity (Wildman–Crippen MR) is 69.1 cm³/mol. The molecular formula is C12H17ClFN3. The normalized spacial score (nSPS) is 21.9. The minimum absolute atomic E-state index is 0.164. The molecule has 0 amide bonds. The molecule has 0 aliphatic carbocycles. The third-order valence-corrected chi connectivity index (χ3v) is 3.48. The number of rotatable bonds is 2. The van der Waals surface area contributed by atoms with Crippen LogP contribution < -0.4 is 10.6 Å². The Hall–Kier alpha value is -0.840. The van der Waals surface area contributed by atoms with Crippen molar-refractivity contribution in [3.8, 4) is 0 Å². The second-order valence-corrected chi connectivity index (χ2v) is 4.85. The SMILES string of the molecule is CN1CCN(c2ccc(F)c(Cl)c2)C(CN)C1. The Morgan fingerprint density at radius 1 is 1.47 bits per heavy atom. The van der Waals surface area contributed by atoms with Crippen molar-refractivity contribution in [1.82, 2.24) is 4.90 Å². The van der Waals surface area contributed by atoms with Gasteiger partial charge in [0.1, 0.15) is 5.82 Å². The molecule has 94 valence electrons. The van der Waals surface area contributed by atoms with Crippen LogP contribution in [0.4, 0.5) is 10.1 Å². The van der Waals surface area contributed by atoms with E-state index < -0.39 is 0 Å². The van der Waals surface area contributed by atoms with Gasteiger partial charge in [0.2, 0.25) is 0 Å². The van der Waals surface area contributed by atoms with Crippen molar-refractivity contribution in [2.24, 2.45) is 5.73 Å². The van der Waals surface area contributed by atoms with E-state index in [4.69, 9.17) is 17.3 Å². The Labute approximate surface area is 106 Å². The van der Waals surface area contributed by atoms with Crippen LogP contribution in [0.15, 0.2) is 18.2 Å². The minimum atomic E-state index is -0.381. The smallest absolute Gasteiger partial charge is 0.141 e. The number of benzene rings is 1. The molecule has 0 aromatic heterocycles. The highest BCUT2D eigenvalue weighted by Gasteiger charge is 2.24. The molecule has 3 nitrogen and oxygen atoms in total. The maximum atomic E-state index is 13.1. The zero-order valence-corrected chi connectivity index (χ0v) is 10.6. The van der Waals surface area contributed by atoms with Crippen molar-refractivity contribution in [3.05, 3.63) is 29.0 Å². The van der Waals surface area contributed by atoms with E-state index in [0.717, 1.165) is 25.3 Å². The molecule has 17 heavy (non-hydrogen) atoms. The lowest BCUT2D eigenvalue weighted by Crippen LogP contribution is -2.55. The first-order chi connectivity index (χ1) is 8.11. The monoisotopic (exact) mass is 257 g/mol. The number of piperazine rings is 1. The largest absolute Gasteiger partial charge is 0.365 e. The first-order valence-corrected chi connectivity index (χ1v) is 6.10. The molecule has 1 fully saturated rings. The van der Waals surface area contributed by atoms with Crippen LogP contribution in [0.25, 0.3) is 0 Å². The number of nitrogens with zero attached hydrogens (tertiary/aromatic N) is 2. The van der Waals surface area contributed by atoms with Gasteiger partial charge in [0, 0.05) is 31.9 Å². The molecule has 1 aliphatic rings. The van der Waals surface area contributed by atoms with Crippen LogP contribution in [0.5, 0.6) is 0 Å². The molecule has 1 aliphatic heterocycles. The Balaban J connectivity index is 2.22. The summed E-state index contributed by atoms with van der Waals surface area (Å²) in [6.45, 7) is 3.37. The number of halogens is 2. The molecule has 2 rings (SSSR count). The molecule has 0 saturated carbocycles. The van der Waals surface area contributed by atoms with E-state index in [-0.39, 0.29) is 16.9 Å². The molecule has 1 aromatic carbocycles. The summed E-state index contributed by atoms with van der Waals surface area (Å²) < 4.78 is 13.1. The molecular weight excluding hydrogens is 241 g/mol. The van der Waals surface area contributed by atoms with Gasteiger partial charge in [-0.15, -0.1) is 0 Å². The molecule has 1 heterocycles. The third-order valence-electron chi connectivity index (χ3n) is 3.19. The van der Waals surface area contributed by atoms with E-state index >= 15 is 0 Å². The summed E-state index contributed by atoms with van der Waals surface area (Å²) >= 11 is 5.81. The van der Waals surface area contributed by atoms with Crippen LogP contribution in [0.2, 0.25) is 5.02 Å². The highest BCUT2D eigenvalue weighted by Crippen LogP contribution is 2.25. The molecule has 2 N–H and O–H groups in total. The van der Waals surface area contributed by atoms with E-state index in [0.29, 0.717) is 6.54 Å². The maximum Gasteiger partial charge on any atom is 0.141 e. The van der Waals surface area contributed by atoms with Crippen LogP contribution in [0.1, 0.15) is 0 Å². The predicted octanol–water partition coefficient (Wildman–Crippen LogP) is 1.56. The number of likely N-dealkylation sites (N-methyl/N-ethyl adjacent to an activating group) is 1. The van der Waals surface area contributed by atoms with Crippen LogP contribution in [-0.2, 0) is 0 Å². The van der Waals surface area contributed by atoms with Crippen molar-refractivity contribution in [2.45, 2.75) is 6.04 Å². The quantitative estimate of drug-likeness (QED) is 0.873. The summed E-state index contributed by atoms with van der Waals surface area (Å²) in [7, 11) is 2.08. The topological polar surface area (TPSA) is 32.5 Å². The van der Waals surface area contributed by atoms with Crippen molar-refractivity contribution in [3.63, 3.8) is 0 Å². The Morgan fingerprint density at radius 2 is 2.24 bits per heavy atom. The Kier molecular flexibility index (Phi) is 3.86. The number of hydrogen-bond donors (Lipinski definition) is 1. The van der Waals surface area contributed by atoms with Gasteiger partial charge in [-0.1, -0.05) is 11.6 Å². The lowest BCUT2D eigenvalue weighted by molar-refractivity contribution is 0.269. The zero-order chi connectivity index (χ0) is 12.4. The molecule has 0 spiro atoms. The molecule has 1 unspecified atom stereocenters. The average molecular weight is 258 g/mol. The minimum Gasteiger partial charge on any atom is -0.365 e. The standard InChI is InChI=1S/C12H17ClFN3/c1-16-4-5-17(10(7-15)8-16)9-2-3-12(14)11(13)6-9/h2-3,6,10H,4-5,7-8,15H2,1H3. The van der Waals surface area contributed by atoms with E-state index in [2.05, 4.69) is 16.8 Å². The number of hydrogen-bond acceptors (Lipinski definition) is 3. The van der Waals surface area contributed by atoms with Gasteiger partial charge in [-0.05, 0) is 25.2 Å². The van der Waals surface area contributed by atoms with Crippen molar-refractivity contribution >= 4 is 17.3 Å². The zero-order valence-electron chi connectivity index (χ0n) is 9.87. The van der Waals surface area contributed by atoms with Gasteiger partial charge in [0.15, 0.2) is 0 Å². The second kappa shape index (κ2) is 5.21. The number of nitrogens with two attached hydrogens (primary N) is 1. The van der Waals surface area contributed by atoms with Crippen LogP contribution >= 0.6 is 11.6 Å². The van der Waals surface area contributed by atoms with Gasteiger partial charge in [-0.2, -0.15) is 0 Å². The highest BCUT2D eigenvalue weighted by molar-refractivity contribution is 6.31. The average Bonchev–Trinajstić information content (AvgIpc) is 2.32. The second-order valence-electron chi connectivity index (χ2n) is 4.44. The molecule has 1 aromatic rings. The van der Waals surface area contributed by atoms with Crippen molar-refractivity contribution in [1.29, 1.82) is 0 Å². The fourth-order valence-corrected chi connectivity index (χ4v) is 2.39. The van der Waals surface area contributed by atoms with Gasteiger partial charge in [-0.25, -0.2) is 4.39 Å². The molecule has 1 saturated heterocycles. The van der Waals surface area contributed by atoms with Gasteiger partial charge in [0.25, 0.3) is 0 Å². The van der Waals surface area contributed by atoms with E-state index in [1.165, 1.54) is 6.07 Å². The fraction of sp³-hybridized carbons (Fsp3) is 0.500. The summed E-state index contributed by atoms with van der Waals surface area (Å²) in [5.74, 6) is -0.381. The molecule has 5 heteroatoms. The van der Waals surface area contributed by atoms with Crippen LogP contribution in [0.3, 0.4) is 0 Å². The molecule has 0 radical (unpaired) electrons. The summed E-state index contributed by atoms with van der Waals surface area (Å²) in [5, 5.41) is 0.164. The lowest BCUT2D eigenvalue weighted by atomic mass is 10.1. The van der Waals surface area contributed by atoms with Gasteiger partial charge in [0.05, 0.1) is 11.1 Å². The fourth-order valence-electron chi connectivity index (χ4n) is 2.22. The maximum absolute atomic E-state index is 13.1. The number of anilines is 1. The van der Waals surface area contributed by atoms with E-state index in [1.807, 2.05) is 0 Å². The summed E-state index contributed by atoms with van der Waals surface area (Å²) in [6.07, 6.45) is 0. The summed E-state index contributed by atoms with van der Waals surface area (Å²) in [5.41, 5.74) is 6.73. The van der Waals surface area contributed by atoms with Crippen molar-refractivity contribution < 1.29 is 4.39 Å². The summed E-state index contributed by atoms with van der Waals surface area (Å²) in [4.78, 5) is 4.45. The Morgan fingerprint density at radius 3 is 2.88 bits per heavy atom.